The molecule has 164 valence electrons. The van der Waals surface area contributed by atoms with E-state index < -0.39 is 41.6 Å². The van der Waals surface area contributed by atoms with Gasteiger partial charge in [0.2, 0.25) is 11.8 Å². The standard InChI is InChI=1S/C22H30N2O6/c1-3-4-5-10-23-11-7-9-22-17(16-15(30-22)8-6-12-29-21(16)28)19(26)24(14(2)13-25)18(22)20(23)27/h6-9,14-18,25H,3-5,10-13H2,1-2H3/t14?,15-,16+,17+,18-,22?/m1/s1. The summed E-state index contributed by atoms with van der Waals surface area (Å²) in [5.74, 6) is -2.68. The Labute approximate surface area is 176 Å². The van der Waals surface area contributed by atoms with E-state index >= 15 is 0 Å². The lowest BCUT2D eigenvalue weighted by Gasteiger charge is -2.37. The molecule has 1 spiro atoms. The molecule has 2 saturated heterocycles. The van der Waals surface area contributed by atoms with Crippen LogP contribution in [0.1, 0.15) is 33.1 Å². The molecular weight excluding hydrogens is 388 g/mol. The number of carbonyl (C=O) groups excluding carboxylic acids is 3. The van der Waals surface area contributed by atoms with Crippen molar-refractivity contribution in [3.63, 3.8) is 0 Å². The predicted molar refractivity (Wildman–Crippen MR) is 107 cm³/mol. The van der Waals surface area contributed by atoms with Gasteiger partial charge >= 0.3 is 5.97 Å². The van der Waals surface area contributed by atoms with Crippen molar-refractivity contribution < 1.29 is 29.0 Å². The molecule has 0 aromatic carbocycles. The van der Waals surface area contributed by atoms with Crippen molar-refractivity contribution in [1.82, 2.24) is 9.80 Å². The van der Waals surface area contributed by atoms with Crippen molar-refractivity contribution in [2.75, 3.05) is 26.3 Å². The number of ether oxygens (including phenoxy) is 2. The van der Waals surface area contributed by atoms with E-state index in [-0.39, 0.29) is 25.0 Å². The van der Waals surface area contributed by atoms with Crippen LogP contribution in [-0.2, 0) is 23.9 Å². The van der Waals surface area contributed by atoms with Crippen LogP contribution in [0.3, 0.4) is 0 Å². The van der Waals surface area contributed by atoms with Crippen LogP contribution in [0.5, 0.6) is 0 Å². The predicted octanol–water partition coefficient (Wildman–Crippen LogP) is 0.650. The molecule has 8 nitrogen and oxygen atoms in total. The van der Waals surface area contributed by atoms with Crippen molar-refractivity contribution in [3.8, 4) is 0 Å². The third kappa shape index (κ3) is 3.08. The molecule has 4 heterocycles. The first-order chi connectivity index (χ1) is 14.5. The Morgan fingerprint density at radius 1 is 1.23 bits per heavy atom. The summed E-state index contributed by atoms with van der Waals surface area (Å²) < 4.78 is 11.7. The molecule has 0 aliphatic carbocycles. The molecule has 4 aliphatic heterocycles. The maximum absolute atomic E-state index is 13.7. The Kier molecular flexibility index (Phi) is 5.72. The zero-order valence-electron chi connectivity index (χ0n) is 17.5. The Morgan fingerprint density at radius 3 is 2.77 bits per heavy atom. The van der Waals surface area contributed by atoms with Crippen LogP contribution >= 0.6 is 0 Å². The topological polar surface area (TPSA) is 96.4 Å². The van der Waals surface area contributed by atoms with Crippen LogP contribution in [0.15, 0.2) is 24.3 Å². The van der Waals surface area contributed by atoms with Gasteiger partial charge in [-0.05, 0) is 19.4 Å². The molecule has 0 aromatic heterocycles. The molecule has 0 bridgehead atoms. The number of likely N-dealkylation sites (tertiary alicyclic amines) is 1. The second-order valence-corrected chi connectivity index (χ2v) is 8.57. The third-order valence-corrected chi connectivity index (χ3v) is 6.71. The zero-order valence-corrected chi connectivity index (χ0v) is 17.5. The summed E-state index contributed by atoms with van der Waals surface area (Å²) >= 11 is 0. The Bertz CT molecular complexity index is 780. The number of aliphatic hydroxyl groups is 1. The Hall–Kier alpha value is -2.19. The fraction of sp³-hybridized carbons (Fsp3) is 0.682. The van der Waals surface area contributed by atoms with E-state index in [9.17, 15) is 19.5 Å². The van der Waals surface area contributed by atoms with Crippen LogP contribution in [0.25, 0.3) is 0 Å². The van der Waals surface area contributed by atoms with E-state index in [1.165, 1.54) is 4.90 Å². The monoisotopic (exact) mass is 418 g/mol. The van der Waals surface area contributed by atoms with E-state index in [0.29, 0.717) is 13.1 Å². The fourth-order valence-electron chi connectivity index (χ4n) is 5.27. The molecule has 4 aliphatic rings. The number of cyclic esters (lactones) is 1. The van der Waals surface area contributed by atoms with Gasteiger partial charge in [0, 0.05) is 13.1 Å². The maximum Gasteiger partial charge on any atom is 0.313 e. The number of amides is 2. The average molecular weight is 418 g/mol. The first-order valence-corrected chi connectivity index (χ1v) is 10.9. The highest BCUT2D eigenvalue weighted by Crippen LogP contribution is 2.53. The molecule has 0 saturated carbocycles. The van der Waals surface area contributed by atoms with Crippen molar-refractivity contribution in [2.45, 2.75) is 56.9 Å². The van der Waals surface area contributed by atoms with Crippen molar-refractivity contribution in [1.29, 1.82) is 0 Å². The number of fused-ring (bicyclic) bond motifs is 2. The lowest BCUT2D eigenvalue weighted by Crippen LogP contribution is -2.57. The normalized spacial score (nSPS) is 36.2. The van der Waals surface area contributed by atoms with Gasteiger partial charge in [-0.1, -0.05) is 38.0 Å². The average Bonchev–Trinajstić information content (AvgIpc) is 3.04. The minimum Gasteiger partial charge on any atom is -0.461 e. The summed E-state index contributed by atoms with van der Waals surface area (Å²) in [5.41, 5.74) is -1.24. The number of hydrogen-bond acceptors (Lipinski definition) is 6. The van der Waals surface area contributed by atoms with Gasteiger partial charge in [-0.3, -0.25) is 14.4 Å². The molecule has 2 unspecified atom stereocenters. The quantitative estimate of drug-likeness (QED) is 0.387. The highest BCUT2D eigenvalue weighted by molar-refractivity contribution is 5.99. The second-order valence-electron chi connectivity index (χ2n) is 8.57. The zero-order chi connectivity index (χ0) is 21.5. The largest absolute Gasteiger partial charge is 0.461 e. The van der Waals surface area contributed by atoms with Crippen molar-refractivity contribution in [3.05, 3.63) is 24.3 Å². The number of carbonyl (C=O) groups is 3. The summed E-state index contributed by atoms with van der Waals surface area (Å²) in [4.78, 5) is 43.2. The number of esters is 1. The van der Waals surface area contributed by atoms with Gasteiger partial charge in [-0.15, -0.1) is 0 Å². The molecule has 6 atom stereocenters. The minimum atomic E-state index is -1.24. The molecule has 8 heteroatoms. The molecule has 30 heavy (non-hydrogen) atoms. The highest BCUT2D eigenvalue weighted by Gasteiger charge is 2.72. The summed E-state index contributed by atoms with van der Waals surface area (Å²) in [6.45, 7) is 4.70. The van der Waals surface area contributed by atoms with Gasteiger partial charge in [0.1, 0.15) is 24.2 Å². The number of nitrogens with zero attached hydrogens (tertiary/aromatic N) is 2. The summed E-state index contributed by atoms with van der Waals surface area (Å²) in [6, 6.07) is -1.48. The van der Waals surface area contributed by atoms with Crippen LogP contribution < -0.4 is 0 Å². The Morgan fingerprint density at radius 2 is 2.03 bits per heavy atom. The van der Waals surface area contributed by atoms with Crippen LogP contribution in [0, 0.1) is 11.8 Å². The van der Waals surface area contributed by atoms with E-state index in [1.807, 2.05) is 6.08 Å². The van der Waals surface area contributed by atoms with Crippen molar-refractivity contribution in [2.24, 2.45) is 11.8 Å². The summed E-state index contributed by atoms with van der Waals surface area (Å²) in [7, 11) is 0. The Balaban J connectivity index is 1.77. The van der Waals surface area contributed by atoms with Gasteiger partial charge in [-0.2, -0.15) is 0 Å². The van der Waals surface area contributed by atoms with Gasteiger partial charge in [0.15, 0.2) is 0 Å². The molecular formula is C22H30N2O6. The van der Waals surface area contributed by atoms with Gasteiger partial charge < -0.3 is 24.4 Å². The van der Waals surface area contributed by atoms with Gasteiger partial charge in [0.05, 0.1) is 24.7 Å². The van der Waals surface area contributed by atoms with Gasteiger partial charge in [-0.25, -0.2) is 0 Å². The van der Waals surface area contributed by atoms with Crippen LogP contribution in [0.2, 0.25) is 0 Å². The SMILES string of the molecule is CCCCCN1CC=CC23O[C@@H]4C=CCOC(=O)[C@@H]4[C@H]2C(=O)N(C(C)CO)[C@@H]3C1=O. The van der Waals surface area contributed by atoms with E-state index in [2.05, 4.69) is 6.92 Å². The summed E-state index contributed by atoms with van der Waals surface area (Å²) in [6.07, 6.45) is 9.47. The first kappa shape index (κ1) is 21.1. The first-order valence-electron chi connectivity index (χ1n) is 10.9. The smallest absolute Gasteiger partial charge is 0.313 e. The van der Waals surface area contributed by atoms with Gasteiger partial charge in [0.25, 0.3) is 0 Å². The number of hydrogen-bond donors (Lipinski definition) is 1. The maximum atomic E-state index is 13.7. The molecule has 4 rings (SSSR count). The minimum absolute atomic E-state index is 0.142. The molecule has 2 amide bonds. The second kappa shape index (κ2) is 8.15. The van der Waals surface area contributed by atoms with E-state index in [1.54, 1.807) is 30.1 Å². The van der Waals surface area contributed by atoms with Crippen LogP contribution in [0.4, 0.5) is 0 Å². The van der Waals surface area contributed by atoms with E-state index in [0.717, 1.165) is 19.3 Å². The highest BCUT2D eigenvalue weighted by atomic mass is 16.6. The molecule has 0 aromatic rings. The lowest BCUT2D eigenvalue weighted by molar-refractivity contribution is -0.154. The number of aliphatic hydroxyl groups excluding tert-OH is 1. The third-order valence-electron chi connectivity index (χ3n) is 6.71. The lowest BCUT2D eigenvalue weighted by atomic mass is 9.78. The molecule has 2 fully saturated rings. The van der Waals surface area contributed by atoms with E-state index in [4.69, 9.17) is 9.47 Å². The number of rotatable bonds is 6. The van der Waals surface area contributed by atoms with Crippen LogP contribution in [-0.4, -0.2) is 82.8 Å². The summed E-state index contributed by atoms with van der Waals surface area (Å²) in [5, 5.41) is 9.81. The molecule has 0 radical (unpaired) electrons. The molecule has 1 N–H and O–H groups in total. The fourth-order valence-corrected chi connectivity index (χ4v) is 5.27. The number of unbranched alkanes of at least 4 members (excludes halogenated alkanes) is 2. The van der Waals surface area contributed by atoms with Crippen molar-refractivity contribution >= 4 is 17.8 Å².